The number of carbonyl (C=O) groups excluding carboxylic acids is 1. The maximum Gasteiger partial charge on any atom is 0.220 e. The molecule has 2 aliphatic heterocycles. The normalized spacial score (nSPS) is 24.6. The lowest BCUT2D eigenvalue weighted by Crippen LogP contribution is -2.40. The number of rotatable bonds is 6. The topological polar surface area (TPSA) is 50.4 Å². The molecule has 0 aromatic heterocycles. The second kappa shape index (κ2) is 8.31. The summed E-state index contributed by atoms with van der Waals surface area (Å²) in [4.78, 5) is 12.5. The first-order chi connectivity index (χ1) is 13.6. The molecule has 2 bridgehead atoms. The lowest BCUT2D eigenvalue weighted by molar-refractivity contribution is -0.122. The molecule has 148 valence electrons. The highest BCUT2D eigenvalue weighted by Gasteiger charge is 2.34. The Bertz CT molecular complexity index is 815. The minimum Gasteiger partial charge on any atom is -0.454 e. The van der Waals surface area contributed by atoms with Crippen LogP contribution in [-0.4, -0.2) is 18.0 Å². The van der Waals surface area contributed by atoms with E-state index >= 15 is 0 Å². The molecule has 2 heterocycles. The smallest absolute Gasteiger partial charge is 0.220 e. The van der Waals surface area contributed by atoms with Gasteiger partial charge in [0.1, 0.15) is 5.75 Å². The maximum atomic E-state index is 14.5. The molecule has 0 radical (unpaired) electrons. The summed E-state index contributed by atoms with van der Waals surface area (Å²) >= 11 is 0. The highest BCUT2D eigenvalue weighted by atomic mass is 19.1. The number of carbonyl (C=O) groups is 1. The second-order valence-corrected chi connectivity index (χ2v) is 8.07. The van der Waals surface area contributed by atoms with Crippen LogP contribution in [0.2, 0.25) is 0 Å². The molecular formula is C23H27FN2O2. The summed E-state index contributed by atoms with van der Waals surface area (Å²) in [5, 5.41) is 6.63. The average molecular weight is 382 g/mol. The van der Waals surface area contributed by atoms with Gasteiger partial charge in [-0.1, -0.05) is 24.3 Å². The lowest BCUT2D eigenvalue weighted by atomic mass is 9.89. The summed E-state index contributed by atoms with van der Waals surface area (Å²) in [5.41, 5.74) is 0.733. The number of hydrogen-bond donors (Lipinski definition) is 2. The van der Waals surface area contributed by atoms with E-state index in [1.165, 1.54) is 18.9 Å². The van der Waals surface area contributed by atoms with Gasteiger partial charge in [0, 0.05) is 18.5 Å². The minimum atomic E-state index is -0.433. The van der Waals surface area contributed by atoms with E-state index in [1.807, 2.05) is 25.1 Å². The Kier molecular flexibility index (Phi) is 5.62. The van der Waals surface area contributed by atoms with Crippen LogP contribution in [0.1, 0.15) is 50.6 Å². The molecule has 4 nitrogen and oxygen atoms in total. The predicted molar refractivity (Wildman–Crippen MR) is 107 cm³/mol. The molecule has 2 saturated heterocycles. The third-order valence-corrected chi connectivity index (χ3v) is 5.85. The van der Waals surface area contributed by atoms with Crippen molar-refractivity contribution in [3.05, 3.63) is 59.9 Å². The van der Waals surface area contributed by atoms with Crippen LogP contribution in [-0.2, 0) is 4.79 Å². The van der Waals surface area contributed by atoms with Crippen LogP contribution in [0.4, 0.5) is 4.39 Å². The van der Waals surface area contributed by atoms with Gasteiger partial charge < -0.3 is 15.4 Å². The highest BCUT2D eigenvalue weighted by molar-refractivity contribution is 5.76. The Morgan fingerprint density at radius 2 is 1.89 bits per heavy atom. The molecule has 1 amide bonds. The summed E-state index contributed by atoms with van der Waals surface area (Å²) in [5.74, 6) is 0.829. The zero-order chi connectivity index (χ0) is 19.5. The minimum absolute atomic E-state index is 0.0452. The molecule has 3 atom stereocenters. The molecule has 0 spiro atoms. The number of hydrogen-bond acceptors (Lipinski definition) is 3. The van der Waals surface area contributed by atoms with E-state index in [0.717, 1.165) is 18.4 Å². The summed E-state index contributed by atoms with van der Waals surface area (Å²) in [6, 6.07) is 14.9. The Morgan fingerprint density at radius 3 is 2.57 bits per heavy atom. The molecule has 28 heavy (non-hydrogen) atoms. The molecule has 2 aromatic carbocycles. The molecule has 0 aliphatic carbocycles. The van der Waals surface area contributed by atoms with Gasteiger partial charge >= 0.3 is 0 Å². The highest BCUT2D eigenvalue weighted by Crippen LogP contribution is 2.33. The maximum absolute atomic E-state index is 14.5. The van der Waals surface area contributed by atoms with E-state index in [0.29, 0.717) is 30.2 Å². The fraction of sp³-hybridized carbons (Fsp3) is 0.435. The predicted octanol–water partition coefficient (Wildman–Crippen LogP) is 4.72. The fourth-order valence-corrected chi connectivity index (χ4v) is 4.47. The second-order valence-electron chi connectivity index (χ2n) is 8.07. The lowest BCUT2D eigenvalue weighted by Gasteiger charge is -2.29. The summed E-state index contributed by atoms with van der Waals surface area (Å²) in [6.07, 6.45) is 5.18. The Labute approximate surface area is 165 Å². The van der Waals surface area contributed by atoms with Crippen molar-refractivity contribution in [1.82, 2.24) is 10.6 Å². The number of halogens is 1. The first-order valence-electron chi connectivity index (χ1n) is 10.1. The third-order valence-electron chi connectivity index (χ3n) is 5.85. The van der Waals surface area contributed by atoms with Crippen molar-refractivity contribution < 1.29 is 13.9 Å². The van der Waals surface area contributed by atoms with Gasteiger partial charge in [-0.25, -0.2) is 4.39 Å². The molecule has 2 N–H and O–H groups in total. The first-order valence-corrected chi connectivity index (χ1v) is 10.1. The van der Waals surface area contributed by atoms with Crippen LogP contribution >= 0.6 is 0 Å². The summed E-state index contributed by atoms with van der Waals surface area (Å²) in [7, 11) is 0. The zero-order valence-corrected chi connectivity index (χ0v) is 16.2. The van der Waals surface area contributed by atoms with Gasteiger partial charge in [0.15, 0.2) is 11.6 Å². The van der Waals surface area contributed by atoms with Crippen LogP contribution in [0, 0.1) is 11.7 Å². The summed E-state index contributed by atoms with van der Waals surface area (Å²) < 4.78 is 20.0. The number of benzene rings is 2. The molecule has 5 heteroatoms. The van der Waals surface area contributed by atoms with E-state index in [1.54, 1.807) is 24.3 Å². The van der Waals surface area contributed by atoms with Gasteiger partial charge in [-0.05, 0) is 68.4 Å². The van der Waals surface area contributed by atoms with Gasteiger partial charge in [0.05, 0.1) is 6.04 Å². The number of amides is 1. The van der Waals surface area contributed by atoms with E-state index in [2.05, 4.69) is 10.6 Å². The molecular weight excluding hydrogens is 355 g/mol. The van der Waals surface area contributed by atoms with Crippen molar-refractivity contribution in [1.29, 1.82) is 0 Å². The van der Waals surface area contributed by atoms with Crippen molar-refractivity contribution in [2.75, 3.05) is 0 Å². The SMILES string of the molecule is CC(NC(=O)CC1CC2CCC(C1)N2)c1ccc(Oc2ccccc2)c(F)c1. The number of ether oxygens (including phenoxy) is 1. The van der Waals surface area contributed by atoms with Crippen molar-refractivity contribution in [2.24, 2.45) is 5.92 Å². The zero-order valence-electron chi connectivity index (χ0n) is 16.2. The first kappa shape index (κ1) is 18.9. The van der Waals surface area contributed by atoms with Gasteiger partial charge in [-0.2, -0.15) is 0 Å². The third kappa shape index (κ3) is 4.53. The van der Waals surface area contributed by atoms with E-state index < -0.39 is 5.82 Å². The van der Waals surface area contributed by atoms with Crippen molar-refractivity contribution in [3.8, 4) is 11.5 Å². The molecule has 4 rings (SSSR count). The van der Waals surface area contributed by atoms with E-state index in [9.17, 15) is 9.18 Å². The van der Waals surface area contributed by atoms with Gasteiger partial charge in [-0.3, -0.25) is 4.79 Å². The van der Waals surface area contributed by atoms with E-state index in [-0.39, 0.29) is 17.7 Å². The van der Waals surface area contributed by atoms with Gasteiger partial charge in [0.25, 0.3) is 0 Å². The molecule has 2 fully saturated rings. The standard InChI is InChI=1S/C23H27FN2O2/c1-15(25-23(27)13-16-11-18-8-9-19(12-16)26-18)17-7-10-22(21(24)14-17)28-20-5-3-2-4-6-20/h2-7,10,14-16,18-19,26H,8-9,11-13H2,1H3,(H,25,27). The monoisotopic (exact) mass is 382 g/mol. The number of piperidine rings is 1. The fourth-order valence-electron chi connectivity index (χ4n) is 4.47. The van der Waals surface area contributed by atoms with Crippen molar-refractivity contribution >= 4 is 5.91 Å². The Balaban J connectivity index is 1.33. The molecule has 0 saturated carbocycles. The Hall–Kier alpha value is -2.40. The molecule has 3 unspecified atom stereocenters. The Morgan fingerprint density at radius 1 is 1.18 bits per heavy atom. The van der Waals surface area contributed by atoms with Crippen LogP contribution in [0.5, 0.6) is 11.5 Å². The van der Waals surface area contributed by atoms with E-state index in [4.69, 9.17) is 4.74 Å². The van der Waals surface area contributed by atoms with Crippen molar-refractivity contribution in [3.63, 3.8) is 0 Å². The van der Waals surface area contributed by atoms with Crippen LogP contribution in [0.3, 0.4) is 0 Å². The molecule has 2 aromatic rings. The van der Waals surface area contributed by atoms with Crippen LogP contribution in [0.15, 0.2) is 48.5 Å². The van der Waals surface area contributed by atoms with Crippen LogP contribution in [0.25, 0.3) is 0 Å². The molecule has 2 aliphatic rings. The van der Waals surface area contributed by atoms with Gasteiger partial charge in [-0.15, -0.1) is 0 Å². The van der Waals surface area contributed by atoms with Crippen LogP contribution < -0.4 is 15.4 Å². The number of nitrogens with one attached hydrogen (secondary N) is 2. The van der Waals surface area contributed by atoms with Crippen molar-refractivity contribution in [2.45, 2.75) is 57.2 Å². The van der Waals surface area contributed by atoms with Gasteiger partial charge in [0.2, 0.25) is 5.91 Å². The average Bonchev–Trinajstić information content (AvgIpc) is 3.02. The quantitative estimate of drug-likeness (QED) is 0.760. The largest absolute Gasteiger partial charge is 0.454 e. The summed E-state index contributed by atoms with van der Waals surface area (Å²) in [6.45, 7) is 1.89. The number of para-hydroxylation sites is 1. The number of fused-ring (bicyclic) bond motifs is 2.